The van der Waals surface area contributed by atoms with Crippen LogP contribution < -0.4 is 63.9 Å². The number of hydrogen-bond donors (Lipinski definition) is 0. The fraction of sp³-hybridized carbons (Fsp3) is 0.667. The minimum Gasteiger partial charge on any atom is -0.744 e. The van der Waals surface area contributed by atoms with Gasteiger partial charge < -0.3 is 13.8 Å². The van der Waals surface area contributed by atoms with Gasteiger partial charge in [0.25, 0.3) is 0 Å². The Hall–Kier alpha value is 0.0600. The number of benzene rings is 2. The molecular formula is C36H56Na2O7S2. The standard InChI is InChI=1S/C36H58O7S2.2Na/c1-3-5-7-9-11-13-15-17-19-21-23-31-25-33(29-35(27-31)44(37,38)39)43-34-26-32(28-36(30-34)45(40,41)42)24-22-20-18-16-14-12-10-8-6-4-2;;/h25-30H,3-24H2,1-2H3,(H,37,38,39)(H,40,41,42);;/q;2*+1/p-2. The first kappa shape index (κ1) is 47.1. The maximum atomic E-state index is 11.9. The van der Waals surface area contributed by atoms with Crippen molar-refractivity contribution in [1.82, 2.24) is 0 Å². The monoisotopic (exact) mass is 710 g/mol. The summed E-state index contributed by atoms with van der Waals surface area (Å²) in [4.78, 5) is -0.777. The van der Waals surface area contributed by atoms with Gasteiger partial charge in [0.2, 0.25) is 0 Å². The molecule has 0 heterocycles. The van der Waals surface area contributed by atoms with E-state index in [2.05, 4.69) is 13.8 Å². The molecule has 0 unspecified atom stereocenters. The Morgan fingerprint density at radius 3 is 1.00 bits per heavy atom. The molecule has 11 heteroatoms. The topological polar surface area (TPSA) is 124 Å². The third kappa shape index (κ3) is 21.8. The zero-order valence-electron chi connectivity index (χ0n) is 29.7. The molecule has 2 aromatic carbocycles. The zero-order chi connectivity index (χ0) is 33.0. The van der Waals surface area contributed by atoms with Gasteiger partial charge in [-0.2, -0.15) is 0 Å². The van der Waals surface area contributed by atoms with Gasteiger partial charge in [0, 0.05) is 0 Å². The Labute approximate surface area is 330 Å². The number of aryl methyl sites for hydroxylation is 2. The Morgan fingerprint density at radius 1 is 0.447 bits per heavy atom. The molecule has 7 nitrogen and oxygen atoms in total. The van der Waals surface area contributed by atoms with Gasteiger partial charge in [-0.1, -0.05) is 129 Å². The second kappa shape index (κ2) is 26.8. The molecule has 256 valence electrons. The van der Waals surface area contributed by atoms with Crippen molar-refractivity contribution in [2.45, 2.75) is 165 Å². The maximum Gasteiger partial charge on any atom is 1.00 e. The molecule has 47 heavy (non-hydrogen) atoms. The Kier molecular flexibility index (Phi) is 26.8. The Morgan fingerprint density at radius 2 is 0.723 bits per heavy atom. The quantitative estimate of drug-likeness (QED) is 0.0814. The maximum absolute atomic E-state index is 11.9. The predicted octanol–water partition coefficient (Wildman–Crippen LogP) is 4.22. The zero-order valence-corrected chi connectivity index (χ0v) is 35.3. The molecule has 0 amide bonds. The van der Waals surface area contributed by atoms with Crippen molar-refractivity contribution in [2.24, 2.45) is 0 Å². The fourth-order valence-electron chi connectivity index (χ4n) is 5.73. The van der Waals surface area contributed by atoms with Crippen LogP contribution in [0, 0.1) is 0 Å². The van der Waals surface area contributed by atoms with Gasteiger partial charge in [-0.25, -0.2) is 16.8 Å². The van der Waals surface area contributed by atoms with Crippen molar-refractivity contribution in [1.29, 1.82) is 0 Å². The van der Waals surface area contributed by atoms with Crippen LogP contribution in [0.5, 0.6) is 11.5 Å². The fourth-order valence-corrected chi connectivity index (χ4v) is 6.84. The van der Waals surface area contributed by atoms with E-state index in [0.717, 1.165) is 50.7 Å². The van der Waals surface area contributed by atoms with E-state index >= 15 is 0 Å². The summed E-state index contributed by atoms with van der Waals surface area (Å²) in [5.74, 6) is 0.249. The first-order valence-electron chi connectivity index (χ1n) is 17.4. The van der Waals surface area contributed by atoms with Gasteiger partial charge in [-0.15, -0.1) is 0 Å². The molecule has 0 aliphatic heterocycles. The molecule has 0 saturated carbocycles. The molecule has 0 saturated heterocycles. The molecule has 0 spiro atoms. The van der Waals surface area contributed by atoms with Crippen LogP contribution in [0.25, 0.3) is 0 Å². The van der Waals surface area contributed by atoms with E-state index in [4.69, 9.17) is 4.74 Å². The van der Waals surface area contributed by atoms with Crippen LogP contribution in [0.1, 0.15) is 153 Å². The minimum absolute atomic E-state index is 0. The van der Waals surface area contributed by atoms with Crippen LogP contribution in [0.3, 0.4) is 0 Å². The molecule has 0 N–H and O–H groups in total. The number of ether oxygens (including phenoxy) is 1. The van der Waals surface area contributed by atoms with Crippen LogP contribution in [0.15, 0.2) is 46.2 Å². The summed E-state index contributed by atoms with van der Waals surface area (Å²) >= 11 is 0. The smallest absolute Gasteiger partial charge is 0.744 e. The number of unbranched alkanes of at least 4 members (excludes halogenated alkanes) is 18. The van der Waals surface area contributed by atoms with Crippen LogP contribution >= 0.6 is 0 Å². The van der Waals surface area contributed by atoms with Gasteiger partial charge in [-0.05, 0) is 73.2 Å². The summed E-state index contributed by atoms with van der Waals surface area (Å²) in [5, 5.41) is 0. The first-order chi connectivity index (χ1) is 21.5. The van der Waals surface area contributed by atoms with E-state index in [-0.39, 0.29) is 80.4 Å². The van der Waals surface area contributed by atoms with Crippen LogP contribution in [-0.2, 0) is 33.1 Å². The minimum atomic E-state index is -4.74. The van der Waals surface area contributed by atoms with Crippen LogP contribution in [0.4, 0.5) is 0 Å². The van der Waals surface area contributed by atoms with Crippen molar-refractivity contribution < 1.29 is 89.8 Å². The summed E-state index contributed by atoms with van der Waals surface area (Å²) in [5.41, 5.74) is 1.33. The Bertz CT molecular complexity index is 1230. The number of rotatable bonds is 26. The second-order valence-corrected chi connectivity index (χ2v) is 15.3. The van der Waals surface area contributed by atoms with Crippen molar-refractivity contribution in [3.63, 3.8) is 0 Å². The third-order valence-corrected chi connectivity index (χ3v) is 9.96. The summed E-state index contributed by atoms with van der Waals surface area (Å²) in [7, 11) is -9.47. The average Bonchev–Trinajstić information content (AvgIpc) is 2.98. The second-order valence-electron chi connectivity index (χ2n) is 12.5. The number of hydrogen-bond acceptors (Lipinski definition) is 7. The van der Waals surface area contributed by atoms with Gasteiger partial charge in [0.05, 0.1) is 9.79 Å². The third-order valence-electron chi connectivity index (χ3n) is 8.33. The first-order valence-corrected chi connectivity index (χ1v) is 20.2. The molecule has 2 aromatic rings. The van der Waals surface area contributed by atoms with Crippen molar-refractivity contribution >= 4 is 20.2 Å². The Balaban J connectivity index is 0.0000106. The SMILES string of the molecule is CCCCCCCCCCCCc1cc(Oc2cc(CCCCCCCCCCCC)cc(S(=O)(=O)[O-])c2)cc(S(=O)(=O)[O-])c1.[Na+].[Na+]. The van der Waals surface area contributed by atoms with Gasteiger partial charge in [0.15, 0.2) is 0 Å². The molecule has 0 atom stereocenters. The molecule has 0 aliphatic rings. The van der Waals surface area contributed by atoms with E-state index in [1.54, 1.807) is 12.1 Å². The van der Waals surface area contributed by atoms with E-state index in [0.29, 0.717) is 24.0 Å². The van der Waals surface area contributed by atoms with Gasteiger partial charge in [-0.3, -0.25) is 0 Å². The molecule has 0 aromatic heterocycles. The summed E-state index contributed by atoms with van der Waals surface area (Å²) in [6.45, 7) is 4.43. The molecular weight excluding hydrogens is 655 g/mol. The van der Waals surface area contributed by atoms with Crippen molar-refractivity contribution in [2.75, 3.05) is 0 Å². The molecule has 0 bridgehead atoms. The normalized spacial score (nSPS) is 11.6. The summed E-state index contributed by atoms with van der Waals surface area (Å²) in [6.07, 6.45) is 24.7. The van der Waals surface area contributed by atoms with E-state index < -0.39 is 20.2 Å². The average molecular weight is 711 g/mol. The summed E-state index contributed by atoms with van der Waals surface area (Å²) in [6, 6.07) is 8.46. The molecule has 0 aliphatic carbocycles. The van der Waals surface area contributed by atoms with Gasteiger partial charge >= 0.3 is 59.1 Å². The largest absolute Gasteiger partial charge is 1.00 e. The molecule has 0 fully saturated rings. The van der Waals surface area contributed by atoms with Gasteiger partial charge in [0.1, 0.15) is 31.7 Å². The molecule has 2 rings (SSSR count). The van der Waals surface area contributed by atoms with Crippen molar-refractivity contribution in [3.8, 4) is 11.5 Å². The van der Waals surface area contributed by atoms with E-state index in [1.807, 2.05) is 0 Å². The van der Waals surface area contributed by atoms with E-state index in [9.17, 15) is 25.9 Å². The molecule has 0 radical (unpaired) electrons. The van der Waals surface area contributed by atoms with Crippen LogP contribution in [-0.4, -0.2) is 25.9 Å². The predicted molar refractivity (Wildman–Crippen MR) is 180 cm³/mol. The van der Waals surface area contributed by atoms with E-state index in [1.165, 1.54) is 102 Å². The summed E-state index contributed by atoms with van der Waals surface area (Å²) < 4.78 is 77.4. The van der Waals surface area contributed by atoms with Crippen LogP contribution in [0.2, 0.25) is 0 Å². The van der Waals surface area contributed by atoms with Crippen molar-refractivity contribution in [3.05, 3.63) is 47.5 Å².